The second-order valence-corrected chi connectivity index (χ2v) is 4.62. The van der Waals surface area contributed by atoms with Crippen molar-refractivity contribution in [3.05, 3.63) is 18.2 Å². The van der Waals surface area contributed by atoms with Crippen LogP contribution in [0.1, 0.15) is 26.2 Å². The van der Waals surface area contributed by atoms with Gasteiger partial charge in [-0.25, -0.2) is 0 Å². The van der Waals surface area contributed by atoms with Gasteiger partial charge in [0.15, 0.2) is 0 Å². The van der Waals surface area contributed by atoms with Gasteiger partial charge in [-0.15, -0.1) is 0 Å². The van der Waals surface area contributed by atoms with E-state index in [-0.39, 0.29) is 12.5 Å². The van der Waals surface area contributed by atoms with E-state index in [2.05, 4.69) is 5.32 Å². The highest BCUT2D eigenvalue weighted by atomic mass is 19.4. The molecule has 114 valence electrons. The van der Waals surface area contributed by atoms with E-state index in [1.165, 1.54) is 0 Å². The molecule has 6 heteroatoms. The molecule has 1 atom stereocenters. The lowest BCUT2D eigenvalue weighted by Crippen LogP contribution is -2.17. The maximum Gasteiger partial charge on any atom is 0.389 e. The number of methoxy groups -OCH3 is 2. The van der Waals surface area contributed by atoms with Gasteiger partial charge in [0, 0.05) is 18.5 Å². The van der Waals surface area contributed by atoms with Gasteiger partial charge in [-0.05, 0) is 31.9 Å². The minimum absolute atomic E-state index is 0.0849. The fourth-order valence-corrected chi connectivity index (χ4v) is 1.87. The zero-order valence-corrected chi connectivity index (χ0v) is 11.9. The van der Waals surface area contributed by atoms with Gasteiger partial charge in [0.2, 0.25) is 0 Å². The third-order valence-electron chi connectivity index (χ3n) is 2.91. The maximum absolute atomic E-state index is 12.1. The molecule has 1 N–H and O–H groups in total. The van der Waals surface area contributed by atoms with Gasteiger partial charge in [-0.3, -0.25) is 0 Å². The Balaban J connectivity index is 2.58. The van der Waals surface area contributed by atoms with E-state index < -0.39 is 12.6 Å². The van der Waals surface area contributed by atoms with Crippen molar-refractivity contribution >= 4 is 5.69 Å². The van der Waals surface area contributed by atoms with Gasteiger partial charge in [0.1, 0.15) is 11.5 Å². The summed E-state index contributed by atoms with van der Waals surface area (Å²) in [4.78, 5) is 0. The highest BCUT2D eigenvalue weighted by Gasteiger charge is 2.26. The average Bonchev–Trinajstić information content (AvgIpc) is 2.37. The smallest absolute Gasteiger partial charge is 0.389 e. The molecule has 1 unspecified atom stereocenters. The fourth-order valence-electron chi connectivity index (χ4n) is 1.87. The standard InChI is InChI=1S/C14H20F3NO2/c1-10(5-4-8-14(15,16)17)18-12-9-11(19-2)6-7-13(12)20-3/h6-7,9-10,18H,4-5,8H2,1-3H3. The highest BCUT2D eigenvalue weighted by molar-refractivity contribution is 5.60. The van der Waals surface area contributed by atoms with E-state index in [1.807, 2.05) is 6.92 Å². The third kappa shape index (κ3) is 5.59. The molecule has 0 aliphatic carbocycles. The average molecular weight is 291 g/mol. The van der Waals surface area contributed by atoms with Crippen molar-refractivity contribution in [3.63, 3.8) is 0 Å². The first-order valence-corrected chi connectivity index (χ1v) is 6.41. The molecule has 20 heavy (non-hydrogen) atoms. The number of benzene rings is 1. The number of anilines is 1. The Labute approximate surface area is 117 Å². The number of nitrogens with one attached hydrogen (secondary N) is 1. The molecule has 0 saturated carbocycles. The second kappa shape index (κ2) is 7.26. The number of rotatable bonds is 7. The van der Waals surface area contributed by atoms with Crippen LogP contribution >= 0.6 is 0 Å². The van der Waals surface area contributed by atoms with Crippen LogP contribution < -0.4 is 14.8 Å². The molecule has 0 aliphatic rings. The summed E-state index contributed by atoms with van der Waals surface area (Å²) in [7, 11) is 3.10. The Morgan fingerprint density at radius 2 is 1.90 bits per heavy atom. The molecule has 3 nitrogen and oxygen atoms in total. The summed E-state index contributed by atoms with van der Waals surface area (Å²) >= 11 is 0. The summed E-state index contributed by atoms with van der Waals surface area (Å²) in [5.74, 6) is 1.30. The van der Waals surface area contributed by atoms with E-state index in [0.717, 1.165) is 0 Å². The van der Waals surface area contributed by atoms with Crippen LogP contribution in [0, 0.1) is 0 Å². The van der Waals surface area contributed by atoms with E-state index in [0.29, 0.717) is 23.6 Å². The van der Waals surface area contributed by atoms with Gasteiger partial charge >= 0.3 is 6.18 Å². The molecule has 0 aromatic heterocycles. The van der Waals surface area contributed by atoms with Crippen LogP contribution in [0.3, 0.4) is 0 Å². The number of halogens is 3. The summed E-state index contributed by atoms with van der Waals surface area (Å²) in [6.45, 7) is 1.84. The van der Waals surface area contributed by atoms with Crippen LogP contribution in [0.4, 0.5) is 18.9 Å². The predicted octanol–water partition coefficient (Wildman–Crippen LogP) is 4.24. The van der Waals surface area contributed by atoms with E-state index >= 15 is 0 Å². The topological polar surface area (TPSA) is 30.5 Å². The van der Waals surface area contributed by atoms with Gasteiger partial charge in [-0.1, -0.05) is 0 Å². The zero-order valence-electron chi connectivity index (χ0n) is 11.9. The monoisotopic (exact) mass is 291 g/mol. The van der Waals surface area contributed by atoms with Crippen molar-refractivity contribution in [2.24, 2.45) is 0 Å². The quantitative estimate of drug-likeness (QED) is 0.815. The minimum atomic E-state index is -4.09. The Bertz CT molecular complexity index is 421. The zero-order chi connectivity index (χ0) is 15.2. The minimum Gasteiger partial charge on any atom is -0.497 e. The molecule has 1 rings (SSSR count). The lowest BCUT2D eigenvalue weighted by Gasteiger charge is -2.18. The van der Waals surface area contributed by atoms with Crippen LogP contribution in [0.15, 0.2) is 18.2 Å². The van der Waals surface area contributed by atoms with Gasteiger partial charge in [0.25, 0.3) is 0 Å². The number of hydrogen-bond acceptors (Lipinski definition) is 3. The van der Waals surface area contributed by atoms with Crippen LogP contribution in [0.2, 0.25) is 0 Å². The molecular weight excluding hydrogens is 271 g/mol. The van der Waals surface area contributed by atoms with Crippen molar-refractivity contribution in [2.45, 2.75) is 38.4 Å². The largest absolute Gasteiger partial charge is 0.497 e. The lowest BCUT2D eigenvalue weighted by atomic mass is 10.1. The lowest BCUT2D eigenvalue weighted by molar-refractivity contribution is -0.135. The highest BCUT2D eigenvalue weighted by Crippen LogP contribution is 2.30. The van der Waals surface area contributed by atoms with Gasteiger partial charge < -0.3 is 14.8 Å². The second-order valence-electron chi connectivity index (χ2n) is 4.62. The van der Waals surface area contributed by atoms with E-state index in [9.17, 15) is 13.2 Å². The summed E-state index contributed by atoms with van der Waals surface area (Å²) in [5.41, 5.74) is 0.714. The summed E-state index contributed by atoms with van der Waals surface area (Å²) in [5, 5.41) is 3.15. The Morgan fingerprint density at radius 3 is 2.45 bits per heavy atom. The molecular formula is C14H20F3NO2. The van der Waals surface area contributed by atoms with E-state index in [1.54, 1.807) is 32.4 Å². The van der Waals surface area contributed by atoms with Gasteiger partial charge in [-0.2, -0.15) is 13.2 Å². The Hall–Kier alpha value is -1.59. The maximum atomic E-state index is 12.1. The summed E-state index contributed by atoms with van der Waals surface area (Å²) in [6, 6.07) is 5.19. The first-order chi connectivity index (χ1) is 9.35. The molecule has 1 aromatic carbocycles. The molecule has 0 amide bonds. The molecule has 0 fully saturated rings. The summed E-state index contributed by atoms with van der Waals surface area (Å²) < 4.78 is 46.6. The molecule has 0 saturated heterocycles. The molecule has 0 heterocycles. The molecule has 0 spiro atoms. The summed E-state index contributed by atoms with van der Waals surface area (Å²) in [6.07, 6.45) is -4.31. The predicted molar refractivity (Wildman–Crippen MR) is 72.5 cm³/mol. The molecule has 0 radical (unpaired) electrons. The van der Waals surface area contributed by atoms with Crippen molar-refractivity contribution in [3.8, 4) is 11.5 Å². The van der Waals surface area contributed by atoms with Crippen LogP contribution in [-0.4, -0.2) is 26.4 Å². The first kappa shape index (κ1) is 16.5. The Morgan fingerprint density at radius 1 is 1.20 bits per heavy atom. The molecule has 0 bridgehead atoms. The van der Waals surface area contributed by atoms with Crippen molar-refractivity contribution < 1.29 is 22.6 Å². The van der Waals surface area contributed by atoms with Crippen LogP contribution in [0.5, 0.6) is 11.5 Å². The number of alkyl halides is 3. The van der Waals surface area contributed by atoms with Crippen LogP contribution in [-0.2, 0) is 0 Å². The Kier molecular flexibility index (Phi) is 5.98. The van der Waals surface area contributed by atoms with Crippen LogP contribution in [0.25, 0.3) is 0 Å². The molecule has 0 aliphatic heterocycles. The van der Waals surface area contributed by atoms with Crippen molar-refractivity contribution in [2.75, 3.05) is 19.5 Å². The fraction of sp³-hybridized carbons (Fsp3) is 0.571. The number of hydrogen-bond donors (Lipinski definition) is 1. The normalized spacial score (nSPS) is 12.9. The number of ether oxygens (including phenoxy) is 2. The third-order valence-corrected chi connectivity index (χ3v) is 2.91. The van der Waals surface area contributed by atoms with Crippen molar-refractivity contribution in [1.29, 1.82) is 0 Å². The SMILES string of the molecule is COc1ccc(OC)c(NC(C)CCCC(F)(F)F)c1. The molecule has 1 aromatic rings. The van der Waals surface area contributed by atoms with E-state index in [4.69, 9.17) is 9.47 Å². The van der Waals surface area contributed by atoms with Crippen molar-refractivity contribution in [1.82, 2.24) is 0 Å². The first-order valence-electron chi connectivity index (χ1n) is 6.41. The van der Waals surface area contributed by atoms with Gasteiger partial charge in [0.05, 0.1) is 19.9 Å².